The van der Waals surface area contributed by atoms with Gasteiger partial charge >= 0.3 is 17.9 Å². The van der Waals surface area contributed by atoms with Gasteiger partial charge in [0.15, 0.2) is 6.10 Å². The fraction of sp³-hybridized carbons (Fsp3) is 0.691. The van der Waals surface area contributed by atoms with E-state index in [1.54, 1.807) is 0 Å². The molecule has 0 radical (unpaired) electrons. The molecule has 1 unspecified atom stereocenters. The van der Waals surface area contributed by atoms with Crippen LogP contribution in [0.1, 0.15) is 284 Å². The van der Waals surface area contributed by atoms with E-state index in [4.69, 9.17) is 14.2 Å². The molecule has 6 heteroatoms. The number of carbonyl (C=O) groups is 3. The summed E-state index contributed by atoms with van der Waals surface area (Å²) >= 11 is 0. The second-order valence-electron chi connectivity index (χ2n) is 20.2. The van der Waals surface area contributed by atoms with Crippen molar-refractivity contribution in [2.45, 2.75) is 290 Å². The normalized spacial score (nSPS) is 12.9. The Morgan fingerprint density at radius 3 is 0.838 bits per heavy atom. The van der Waals surface area contributed by atoms with Crippen molar-refractivity contribution < 1.29 is 28.6 Å². The molecule has 0 fully saturated rings. The van der Waals surface area contributed by atoms with Gasteiger partial charge in [-0.1, -0.05) is 246 Å². The number of esters is 3. The minimum Gasteiger partial charge on any atom is -0.462 e. The molecule has 0 saturated carbocycles. The van der Waals surface area contributed by atoms with Crippen molar-refractivity contribution in [3.63, 3.8) is 0 Å². The molecule has 0 aliphatic carbocycles. The maximum Gasteiger partial charge on any atom is 0.306 e. The van der Waals surface area contributed by atoms with Gasteiger partial charge in [0, 0.05) is 19.3 Å². The lowest BCUT2D eigenvalue weighted by atomic mass is 10.1. The molecule has 0 amide bonds. The number of unbranched alkanes of at least 4 members (excludes halogenated alkanes) is 26. The Bertz CT molecular complexity index is 1510. The predicted molar refractivity (Wildman–Crippen MR) is 320 cm³/mol. The fourth-order valence-electron chi connectivity index (χ4n) is 8.35. The van der Waals surface area contributed by atoms with Crippen LogP contribution in [0.2, 0.25) is 0 Å². The quantitative estimate of drug-likeness (QED) is 0.0261. The third-order valence-corrected chi connectivity index (χ3v) is 13.0. The standard InChI is InChI=1S/C68H114O6/c1-4-7-10-13-16-19-22-25-27-29-31-32-33-34-35-36-38-39-41-43-46-49-52-55-58-61-67(70)73-64-65(63-72-66(69)60-57-54-51-48-45-24-21-18-15-12-9-6-3)74-68(71)62-59-56-53-50-47-44-42-40-37-30-28-26-23-20-17-14-11-8-5-2/h7,10,16-21,25-28,31-32,34-35,37,40,65H,4-6,8-9,11-15,22-24,29-30,33,36,38-39,41-64H2,1-3H3/b10-7-,19-16-,20-17-,21-18-,27-25-,28-26-,32-31-,35-34-,40-37-. The van der Waals surface area contributed by atoms with E-state index < -0.39 is 6.10 Å². The summed E-state index contributed by atoms with van der Waals surface area (Å²) in [7, 11) is 0. The van der Waals surface area contributed by atoms with Crippen LogP contribution in [-0.4, -0.2) is 37.2 Å². The van der Waals surface area contributed by atoms with Crippen LogP contribution in [0.4, 0.5) is 0 Å². The number of hydrogen-bond donors (Lipinski definition) is 0. The minimum absolute atomic E-state index is 0.0900. The lowest BCUT2D eigenvalue weighted by molar-refractivity contribution is -0.167. The SMILES string of the molecule is CC/C=C\C/C=C\C/C=C\C/C=C\C/C=C\CCCCCCCCCCCC(=O)OCC(COC(=O)CCCCCCC/C=C\CCCCC)OC(=O)CCCCCCCC/C=C\C/C=C\C/C=C\CCCCC. The number of allylic oxidation sites excluding steroid dienone is 18. The van der Waals surface area contributed by atoms with Gasteiger partial charge < -0.3 is 14.2 Å². The van der Waals surface area contributed by atoms with E-state index >= 15 is 0 Å². The zero-order valence-corrected chi connectivity index (χ0v) is 48.3. The van der Waals surface area contributed by atoms with Gasteiger partial charge in [0.1, 0.15) is 13.2 Å². The van der Waals surface area contributed by atoms with E-state index in [0.717, 1.165) is 128 Å². The Kier molecular flexibility index (Phi) is 58.3. The van der Waals surface area contributed by atoms with Gasteiger partial charge in [0.2, 0.25) is 0 Å². The molecule has 0 heterocycles. The highest BCUT2D eigenvalue weighted by Gasteiger charge is 2.19. The van der Waals surface area contributed by atoms with Gasteiger partial charge in [-0.2, -0.15) is 0 Å². The fourth-order valence-corrected chi connectivity index (χ4v) is 8.35. The first-order valence-electron chi connectivity index (χ1n) is 30.9. The maximum atomic E-state index is 12.9. The maximum absolute atomic E-state index is 12.9. The Labute approximate surface area is 457 Å². The first-order valence-corrected chi connectivity index (χ1v) is 30.9. The summed E-state index contributed by atoms with van der Waals surface area (Å²) in [4.78, 5) is 38.2. The average Bonchev–Trinajstić information content (AvgIpc) is 3.40. The molecular formula is C68H114O6. The molecular weight excluding hydrogens is 913 g/mol. The largest absolute Gasteiger partial charge is 0.462 e. The van der Waals surface area contributed by atoms with Crippen molar-refractivity contribution in [1.29, 1.82) is 0 Å². The van der Waals surface area contributed by atoms with Gasteiger partial charge in [0.05, 0.1) is 0 Å². The van der Waals surface area contributed by atoms with Crippen LogP contribution in [0, 0.1) is 0 Å². The van der Waals surface area contributed by atoms with Crippen molar-refractivity contribution in [2.75, 3.05) is 13.2 Å². The van der Waals surface area contributed by atoms with Crippen LogP contribution in [0.5, 0.6) is 0 Å². The van der Waals surface area contributed by atoms with Crippen LogP contribution >= 0.6 is 0 Å². The Morgan fingerprint density at radius 2 is 0.527 bits per heavy atom. The molecule has 0 rings (SSSR count). The molecule has 0 saturated heterocycles. The monoisotopic (exact) mass is 1030 g/mol. The molecule has 0 bridgehead atoms. The zero-order chi connectivity index (χ0) is 53.6. The van der Waals surface area contributed by atoms with E-state index in [-0.39, 0.29) is 31.1 Å². The third kappa shape index (κ3) is 59.0. The summed E-state index contributed by atoms with van der Waals surface area (Å²) in [5.41, 5.74) is 0. The van der Waals surface area contributed by atoms with Gasteiger partial charge in [-0.05, 0) is 128 Å². The average molecular weight is 1030 g/mol. The highest BCUT2D eigenvalue weighted by molar-refractivity contribution is 5.71. The second kappa shape index (κ2) is 61.6. The van der Waals surface area contributed by atoms with Crippen LogP contribution in [0.3, 0.4) is 0 Å². The van der Waals surface area contributed by atoms with Crippen molar-refractivity contribution >= 4 is 17.9 Å². The summed E-state index contributed by atoms with van der Waals surface area (Å²) in [5.74, 6) is -0.913. The summed E-state index contributed by atoms with van der Waals surface area (Å²) in [6.45, 7) is 6.46. The van der Waals surface area contributed by atoms with E-state index in [2.05, 4.69) is 130 Å². The Morgan fingerprint density at radius 1 is 0.284 bits per heavy atom. The van der Waals surface area contributed by atoms with E-state index in [0.29, 0.717) is 19.3 Å². The third-order valence-electron chi connectivity index (χ3n) is 13.0. The summed E-state index contributed by atoms with van der Waals surface area (Å²) in [6.07, 6.45) is 83.7. The summed E-state index contributed by atoms with van der Waals surface area (Å²) in [6, 6.07) is 0. The van der Waals surface area contributed by atoms with Gasteiger partial charge in [0.25, 0.3) is 0 Å². The summed E-state index contributed by atoms with van der Waals surface area (Å²) in [5, 5.41) is 0. The van der Waals surface area contributed by atoms with E-state index in [9.17, 15) is 14.4 Å². The van der Waals surface area contributed by atoms with E-state index in [1.165, 1.54) is 116 Å². The molecule has 0 aliphatic rings. The molecule has 0 N–H and O–H groups in total. The van der Waals surface area contributed by atoms with Crippen LogP contribution in [0.25, 0.3) is 0 Å². The number of rotatable bonds is 55. The van der Waals surface area contributed by atoms with Gasteiger partial charge in [-0.3, -0.25) is 14.4 Å². The molecule has 0 aromatic rings. The van der Waals surface area contributed by atoms with E-state index in [1.807, 2.05) is 0 Å². The molecule has 6 nitrogen and oxygen atoms in total. The van der Waals surface area contributed by atoms with Gasteiger partial charge in [-0.25, -0.2) is 0 Å². The van der Waals surface area contributed by atoms with Crippen molar-refractivity contribution in [3.05, 3.63) is 109 Å². The Balaban J connectivity index is 4.36. The first-order chi connectivity index (χ1) is 36.5. The molecule has 1 atom stereocenters. The number of hydrogen-bond acceptors (Lipinski definition) is 6. The lowest BCUT2D eigenvalue weighted by Gasteiger charge is -2.18. The number of carbonyl (C=O) groups excluding carboxylic acids is 3. The predicted octanol–water partition coefficient (Wildman–Crippen LogP) is 21.0. The molecule has 0 spiro atoms. The topological polar surface area (TPSA) is 78.9 Å². The van der Waals surface area contributed by atoms with Crippen molar-refractivity contribution in [1.82, 2.24) is 0 Å². The first kappa shape index (κ1) is 70.1. The molecule has 0 aromatic heterocycles. The van der Waals surface area contributed by atoms with Crippen LogP contribution in [-0.2, 0) is 28.6 Å². The second-order valence-corrected chi connectivity index (χ2v) is 20.2. The lowest BCUT2D eigenvalue weighted by Crippen LogP contribution is -2.30. The molecule has 0 aromatic carbocycles. The van der Waals surface area contributed by atoms with Gasteiger partial charge in [-0.15, -0.1) is 0 Å². The zero-order valence-electron chi connectivity index (χ0n) is 48.3. The molecule has 422 valence electrons. The highest BCUT2D eigenvalue weighted by Crippen LogP contribution is 2.15. The van der Waals surface area contributed by atoms with Crippen LogP contribution < -0.4 is 0 Å². The van der Waals surface area contributed by atoms with Crippen molar-refractivity contribution in [3.8, 4) is 0 Å². The van der Waals surface area contributed by atoms with Crippen LogP contribution in [0.15, 0.2) is 109 Å². The van der Waals surface area contributed by atoms with Crippen molar-refractivity contribution in [2.24, 2.45) is 0 Å². The molecule has 0 aliphatic heterocycles. The smallest absolute Gasteiger partial charge is 0.306 e. The Hall–Kier alpha value is -3.93. The highest BCUT2D eigenvalue weighted by atomic mass is 16.6. The minimum atomic E-state index is -0.793. The summed E-state index contributed by atoms with van der Waals surface area (Å²) < 4.78 is 16.9. The number of ether oxygens (including phenoxy) is 3. The molecule has 74 heavy (non-hydrogen) atoms.